The zero-order valence-corrected chi connectivity index (χ0v) is 27.2. The Balaban J connectivity index is 0.888. The maximum absolute atomic E-state index is 6.54. The predicted octanol–water partition coefficient (Wildman–Crippen LogP) is 5.99. The zero-order valence-electron chi connectivity index (χ0n) is 27.2. The summed E-state index contributed by atoms with van der Waals surface area (Å²) in [5.41, 5.74) is -1.14. The first-order chi connectivity index (χ1) is 21.1. The van der Waals surface area contributed by atoms with Crippen molar-refractivity contribution in [2.75, 3.05) is 13.2 Å². The van der Waals surface area contributed by atoms with Gasteiger partial charge in [0.15, 0.2) is 36.4 Å². The summed E-state index contributed by atoms with van der Waals surface area (Å²) in [6, 6.07) is 0. The van der Waals surface area contributed by atoms with E-state index in [9.17, 15) is 0 Å². The lowest BCUT2D eigenvalue weighted by molar-refractivity contribution is -0.577. The minimum Gasteiger partial charge on any atom is -0.348 e. The summed E-state index contributed by atoms with van der Waals surface area (Å²) in [6.45, 7) is 13.8. The molecule has 0 radical (unpaired) electrons. The van der Waals surface area contributed by atoms with Crippen LogP contribution in [-0.2, 0) is 48.0 Å². The van der Waals surface area contributed by atoms with E-state index in [4.69, 9.17) is 48.0 Å². The van der Waals surface area contributed by atoms with Crippen molar-refractivity contribution in [3.05, 3.63) is 12.2 Å². The van der Waals surface area contributed by atoms with Crippen molar-refractivity contribution in [1.82, 2.24) is 0 Å². The van der Waals surface area contributed by atoms with Crippen molar-refractivity contribution < 1.29 is 48.0 Å². The summed E-state index contributed by atoms with van der Waals surface area (Å²) in [7, 11) is 0. The molecule has 2 aliphatic carbocycles. The Morgan fingerprint density at radius 3 is 1.43 bits per heavy atom. The van der Waals surface area contributed by atoms with Crippen molar-refractivity contribution in [2.45, 2.75) is 141 Å². The molecule has 10 rings (SSSR count). The van der Waals surface area contributed by atoms with Gasteiger partial charge >= 0.3 is 0 Å². The maximum atomic E-state index is 6.54. The Hall–Kier alpha value is -0.660. The Morgan fingerprint density at radius 1 is 0.568 bits per heavy atom. The summed E-state index contributed by atoms with van der Waals surface area (Å²) in [5, 5.41) is 0. The van der Waals surface area contributed by atoms with E-state index in [2.05, 4.69) is 27.7 Å². The van der Waals surface area contributed by atoms with Crippen LogP contribution >= 0.6 is 0 Å². The lowest BCUT2D eigenvalue weighted by Crippen LogP contribution is -2.70. The summed E-state index contributed by atoms with van der Waals surface area (Å²) in [6.07, 6.45) is 10.3. The minimum absolute atomic E-state index is 0.148. The third kappa shape index (κ3) is 4.49. The summed E-state index contributed by atoms with van der Waals surface area (Å²) < 4.78 is 38.6. The quantitative estimate of drug-likeness (QED) is 0.260. The van der Waals surface area contributed by atoms with Gasteiger partial charge in [0.2, 0.25) is 11.6 Å². The third-order valence-electron chi connectivity index (χ3n) is 13.1. The first-order valence-electron chi connectivity index (χ1n) is 17.4. The van der Waals surface area contributed by atoms with Gasteiger partial charge in [0.1, 0.15) is 0 Å². The smallest absolute Gasteiger partial charge is 0.201 e. The van der Waals surface area contributed by atoms with Gasteiger partial charge in [-0.25, -0.2) is 19.6 Å². The second-order valence-electron chi connectivity index (χ2n) is 15.7. The van der Waals surface area contributed by atoms with Gasteiger partial charge in [-0.2, -0.15) is 0 Å². The monoisotopic (exact) mass is 620 g/mol. The maximum Gasteiger partial charge on any atom is 0.201 e. The lowest BCUT2D eigenvalue weighted by Gasteiger charge is -2.60. The second-order valence-corrected chi connectivity index (χ2v) is 15.7. The molecule has 10 aliphatic rings. The van der Waals surface area contributed by atoms with Crippen LogP contribution in [0.2, 0.25) is 0 Å². The largest absolute Gasteiger partial charge is 0.348 e. The topological polar surface area (TPSA) is 92.3 Å². The van der Waals surface area contributed by atoms with Crippen LogP contribution < -0.4 is 0 Å². The molecule has 8 saturated heterocycles. The van der Waals surface area contributed by atoms with Crippen LogP contribution in [0.15, 0.2) is 12.2 Å². The van der Waals surface area contributed by atoms with E-state index in [0.29, 0.717) is 36.9 Å². The predicted molar refractivity (Wildman–Crippen MR) is 155 cm³/mol. The van der Waals surface area contributed by atoms with Gasteiger partial charge in [0.05, 0.1) is 13.2 Å². The van der Waals surface area contributed by atoms with Gasteiger partial charge in [0, 0.05) is 36.5 Å². The molecule has 0 amide bonds. The molecule has 44 heavy (non-hydrogen) atoms. The van der Waals surface area contributed by atoms with E-state index >= 15 is 0 Å². The van der Waals surface area contributed by atoms with E-state index in [0.717, 1.165) is 38.5 Å². The van der Waals surface area contributed by atoms with Crippen molar-refractivity contribution in [1.29, 1.82) is 0 Å². The first kappa shape index (κ1) is 30.7. The van der Waals surface area contributed by atoms with Crippen molar-refractivity contribution in [3.63, 3.8) is 0 Å². The molecule has 4 bridgehead atoms. The molecule has 8 heterocycles. The molecule has 248 valence electrons. The highest BCUT2D eigenvalue weighted by atomic mass is 17.3. The average molecular weight is 621 g/mol. The van der Waals surface area contributed by atoms with Gasteiger partial charge in [-0.3, -0.25) is 0 Å². The molecule has 16 atom stereocenters. The number of rotatable bonds is 6. The fourth-order valence-electron chi connectivity index (χ4n) is 10.6. The molecule has 10 fully saturated rings. The SMILES string of the molecule is C[C@@H]1CC[C@H]2[C@@H](C)C(OC/C=C/COC3O[C@@H]4OC5(C)CC[C@H]6[C@H](C)CC[C@@H]([C@H]3C)[C@@]46OO5)O[C@@H]3OC4(C)CC[C@@H]1[C@]32OO4. The Bertz CT molecular complexity index is 1040. The van der Waals surface area contributed by atoms with E-state index in [1.165, 1.54) is 12.8 Å². The van der Waals surface area contributed by atoms with Crippen molar-refractivity contribution >= 4 is 0 Å². The first-order valence-corrected chi connectivity index (χ1v) is 17.4. The summed E-state index contributed by atoms with van der Waals surface area (Å²) in [5.74, 6) is 0.985. The van der Waals surface area contributed by atoms with Gasteiger partial charge < -0.3 is 28.4 Å². The Kier molecular flexibility index (Phi) is 7.62. The highest BCUT2D eigenvalue weighted by Crippen LogP contribution is 2.62. The summed E-state index contributed by atoms with van der Waals surface area (Å²) >= 11 is 0. The molecule has 0 aromatic carbocycles. The molecule has 2 saturated carbocycles. The van der Waals surface area contributed by atoms with E-state index in [-0.39, 0.29) is 36.3 Å². The molecular weight excluding hydrogens is 568 g/mol. The van der Waals surface area contributed by atoms with Crippen LogP contribution in [0.4, 0.5) is 0 Å². The van der Waals surface area contributed by atoms with Gasteiger partial charge in [-0.05, 0) is 76.0 Å². The van der Waals surface area contributed by atoms with Crippen LogP contribution in [0, 0.1) is 47.3 Å². The Morgan fingerprint density at radius 2 is 1.00 bits per heavy atom. The molecule has 8 aliphatic heterocycles. The number of ether oxygens (including phenoxy) is 6. The van der Waals surface area contributed by atoms with Crippen LogP contribution in [0.5, 0.6) is 0 Å². The third-order valence-corrected chi connectivity index (χ3v) is 13.1. The second kappa shape index (κ2) is 10.9. The molecule has 0 N–H and O–H groups in total. The fourth-order valence-corrected chi connectivity index (χ4v) is 10.6. The number of fused-ring (bicyclic) bond motifs is 4. The standard InChI is InChI=1S/C34H52O10/c1-19-9-11-25-21(3)27(37-29-33(25)23(19)13-15-31(5,39-29)41-43-33)35-17-7-8-18-36-28-22(4)26-12-10-20(2)24-14-16-32(6)40-30(38-28)34(24,26)44-42-32/h7-8,19-30H,9-18H2,1-6H3/b8-7+/t19-,20-,21-,22-,23+,24+,25+,26+,27?,28?,29-,30-,31?,32?,33-,34-/m1/s1. The van der Waals surface area contributed by atoms with Crippen LogP contribution in [0.1, 0.15) is 92.9 Å². The molecule has 10 nitrogen and oxygen atoms in total. The normalized spacial score (nSPS) is 57.9. The average Bonchev–Trinajstić information content (AvgIpc) is 3.37. The fraction of sp³-hybridized carbons (Fsp3) is 0.941. The van der Waals surface area contributed by atoms with E-state index < -0.39 is 35.4 Å². The molecular formula is C34H52O10. The molecule has 2 spiro atoms. The van der Waals surface area contributed by atoms with Crippen LogP contribution in [0.3, 0.4) is 0 Å². The van der Waals surface area contributed by atoms with E-state index in [1.807, 2.05) is 26.0 Å². The lowest BCUT2D eigenvalue weighted by atomic mass is 9.58. The zero-order chi connectivity index (χ0) is 30.5. The Labute approximate surface area is 261 Å². The van der Waals surface area contributed by atoms with Gasteiger partial charge in [-0.15, -0.1) is 0 Å². The van der Waals surface area contributed by atoms with E-state index in [1.54, 1.807) is 0 Å². The number of hydrogen-bond donors (Lipinski definition) is 0. The molecule has 4 unspecified atom stereocenters. The molecule has 0 aromatic rings. The van der Waals surface area contributed by atoms with Crippen molar-refractivity contribution in [3.8, 4) is 0 Å². The molecule has 0 aromatic heterocycles. The number of hydrogen-bond acceptors (Lipinski definition) is 10. The summed E-state index contributed by atoms with van der Waals surface area (Å²) in [4.78, 5) is 24.4. The minimum atomic E-state index is -0.785. The van der Waals surface area contributed by atoms with Gasteiger partial charge in [-0.1, -0.05) is 39.8 Å². The van der Waals surface area contributed by atoms with Gasteiger partial charge in [0.25, 0.3) is 0 Å². The highest BCUT2D eigenvalue weighted by molar-refractivity contribution is 5.10. The highest BCUT2D eigenvalue weighted by Gasteiger charge is 2.71. The van der Waals surface area contributed by atoms with Crippen molar-refractivity contribution in [2.24, 2.45) is 47.3 Å². The van der Waals surface area contributed by atoms with Crippen LogP contribution in [-0.4, -0.2) is 61.2 Å². The molecule has 10 heteroatoms. The van der Waals surface area contributed by atoms with Crippen LogP contribution in [0.25, 0.3) is 0 Å².